The molecule has 0 amide bonds. The first-order valence-electron chi connectivity index (χ1n) is 3.84. The van der Waals surface area contributed by atoms with E-state index in [1.165, 1.54) is 0 Å². The van der Waals surface area contributed by atoms with E-state index in [9.17, 15) is 5.11 Å². The molecule has 12 heavy (non-hydrogen) atoms. The van der Waals surface area contributed by atoms with Gasteiger partial charge in [0.1, 0.15) is 0 Å². The van der Waals surface area contributed by atoms with Crippen molar-refractivity contribution in [3.05, 3.63) is 0 Å². The van der Waals surface area contributed by atoms with Gasteiger partial charge in [-0.05, 0) is 6.42 Å². The number of nitrogens with two attached hydrogens (primary N) is 1. The molecule has 1 saturated heterocycles. The lowest BCUT2D eigenvalue weighted by Crippen LogP contribution is -2.43. The Morgan fingerprint density at radius 3 is 2.75 bits per heavy atom. The minimum Gasteiger partial charge on any atom is -0.390 e. The predicted molar refractivity (Wildman–Crippen MR) is 47.2 cm³/mol. The van der Waals surface area contributed by atoms with Crippen LogP contribution in [0.4, 0.5) is 0 Å². The van der Waals surface area contributed by atoms with Gasteiger partial charge in [0.2, 0.25) is 0 Å². The van der Waals surface area contributed by atoms with Crippen molar-refractivity contribution >= 4 is 12.4 Å². The third-order valence-electron chi connectivity index (χ3n) is 1.95. The molecule has 4 nitrogen and oxygen atoms in total. The summed E-state index contributed by atoms with van der Waals surface area (Å²) in [6.45, 7) is 0.348. The van der Waals surface area contributed by atoms with Crippen molar-refractivity contribution in [3.8, 4) is 0 Å². The zero-order chi connectivity index (χ0) is 8.27. The number of hydrogen-bond donors (Lipinski definition) is 2. The Morgan fingerprint density at radius 1 is 1.58 bits per heavy atom. The molecule has 1 rings (SSSR count). The highest BCUT2D eigenvalue weighted by Gasteiger charge is 2.28. The average Bonchev–Trinajstić information content (AvgIpc) is 2.05. The lowest BCUT2D eigenvalue weighted by molar-refractivity contribution is -0.208. The summed E-state index contributed by atoms with van der Waals surface area (Å²) in [5.74, 6) is 0. The Hall–Kier alpha value is 0.130. The van der Waals surface area contributed by atoms with Crippen LogP contribution in [0.15, 0.2) is 0 Å². The van der Waals surface area contributed by atoms with E-state index in [1.54, 1.807) is 7.11 Å². The highest BCUT2D eigenvalue weighted by atomic mass is 35.5. The van der Waals surface area contributed by atoms with E-state index in [2.05, 4.69) is 0 Å². The molecule has 0 spiro atoms. The molecule has 1 aliphatic rings. The second-order valence-corrected chi connectivity index (χ2v) is 2.72. The molecule has 0 bridgehead atoms. The van der Waals surface area contributed by atoms with Gasteiger partial charge in [0.15, 0.2) is 6.29 Å². The summed E-state index contributed by atoms with van der Waals surface area (Å²) < 4.78 is 10.3. The zero-order valence-corrected chi connectivity index (χ0v) is 7.92. The highest BCUT2D eigenvalue weighted by molar-refractivity contribution is 5.85. The van der Waals surface area contributed by atoms with Crippen LogP contribution < -0.4 is 5.73 Å². The Bertz CT molecular complexity index is 125. The highest BCUT2D eigenvalue weighted by Crippen LogP contribution is 2.18. The monoisotopic (exact) mass is 197 g/mol. The van der Waals surface area contributed by atoms with Crippen molar-refractivity contribution in [2.75, 3.05) is 13.7 Å². The van der Waals surface area contributed by atoms with Crippen molar-refractivity contribution in [1.29, 1.82) is 0 Å². The summed E-state index contributed by atoms with van der Waals surface area (Å²) >= 11 is 0. The maximum absolute atomic E-state index is 9.32. The zero-order valence-electron chi connectivity index (χ0n) is 7.10. The van der Waals surface area contributed by atoms with Gasteiger partial charge in [0.25, 0.3) is 0 Å². The van der Waals surface area contributed by atoms with Crippen LogP contribution in [0.3, 0.4) is 0 Å². The van der Waals surface area contributed by atoms with Crippen LogP contribution in [0.2, 0.25) is 0 Å². The number of aliphatic hydroxyl groups is 1. The molecule has 3 atom stereocenters. The van der Waals surface area contributed by atoms with Gasteiger partial charge < -0.3 is 20.3 Å². The molecule has 1 heterocycles. The van der Waals surface area contributed by atoms with Crippen molar-refractivity contribution in [3.63, 3.8) is 0 Å². The van der Waals surface area contributed by atoms with Gasteiger partial charge in [0, 0.05) is 20.1 Å². The Kier molecular flexibility index (Phi) is 5.78. The Balaban J connectivity index is 0.00000121. The van der Waals surface area contributed by atoms with Gasteiger partial charge in [-0.1, -0.05) is 0 Å². The largest absolute Gasteiger partial charge is 0.390 e. The van der Waals surface area contributed by atoms with E-state index >= 15 is 0 Å². The minimum atomic E-state index is -0.425. The predicted octanol–water partition coefficient (Wildman–Crippen LogP) is -0.121. The molecule has 0 saturated carbocycles. The first-order valence-corrected chi connectivity index (χ1v) is 3.84. The lowest BCUT2D eigenvalue weighted by Gasteiger charge is -2.32. The number of halogens is 1. The summed E-state index contributed by atoms with van der Waals surface area (Å²) in [5, 5.41) is 9.32. The van der Waals surface area contributed by atoms with Crippen LogP contribution in [0.5, 0.6) is 0 Å². The lowest BCUT2D eigenvalue weighted by atomic mass is 10.1. The van der Waals surface area contributed by atoms with Crippen molar-refractivity contribution in [2.24, 2.45) is 5.73 Å². The molecule has 0 aromatic carbocycles. The van der Waals surface area contributed by atoms with Gasteiger partial charge in [-0.25, -0.2) is 0 Å². The van der Waals surface area contributed by atoms with Crippen LogP contribution in [-0.4, -0.2) is 37.3 Å². The standard InChI is InChI=1S/C7H15NO3.ClH/c1-10-7-3-2-5(9)6(4-8)11-7;/h5-7,9H,2-4,8H2,1H3;1H/t5-,6+,7-;/m0./s1. The van der Waals surface area contributed by atoms with Gasteiger partial charge in [-0.15, -0.1) is 12.4 Å². The fraction of sp³-hybridized carbons (Fsp3) is 1.00. The minimum absolute atomic E-state index is 0. The first kappa shape index (κ1) is 12.1. The number of rotatable bonds is 2. The second-order valence-electron chi connectivity index (χ2n) is 2.72. The van der Waals surface area contributed by atoms with E-state index in [0.29, 0.717) is 13.0 Å². The maximum Gasteiger partial charge on any atom is 0.157 e. The summed E-state index contributed by atoms with van der Waals surface area (Å²) in [6.07, 6.45) is 0.584. The van der Waals surface area contributed by atoms with E-state index in [0.717, 1.165) is 6.42 Å². The molecule has 0 unspecified atom stereocenters. The molecule has 74 valence electrons. The number of aliphatic hydroxyl groups excluding tert-OH is 1. The van der Waals surface area contributed by atoms with Crippen molar-refractivity contribution < 1.29 is 14.6 Å². The molecule has 0 aliphatic carbocycles. The van der Waals surface area contributed by atoms with Crippen LogP contribution in [0.1, 0.15) is 12.8 Å². The molecule has 5 heteroatoms. The molecule has 0 aromatic rings. The van der Waals surface area contributed by atoms with Crippen LogP contribution in [-0.2, 0) is 9.47 Å². The van der Waals surface area contributed by atoms with Crippen molar-refractivity contribution in [2.45, 2.75) is 31.3 Å². The van der Waals surface area contributed by atoms with E-state index < -0.39 is 6.10 Å². The number of ether oxygens (including phenoxy) is 2. The second kappa shape index (κ2) is 5.72. The quantitative estimate of drug-likeness (QED) is 0.648. The fourth-order valence-corrected chi connectivity index (χ4v) is 1.23. The fourth-order valence-electron chi connectivity index (χ4n) is 1.23. The first-order chi connectivity index (χ1) is 5.27. The molecule has 0 radical (unpaired) electrons. The number of methoxy groups -OCH3 is 1. The molecule has 0 aromatic heterocycles. The SMILES string of the molecule is CO[C@@H]1CC[C@H](O)[C@@H](CN)O1.Cl. The average molecular weight is 198 g/mol. The van der Waals surface area contributed by atoms with Crippen molar-refractivity contribution in [1.82, 2.24) is 0 Å². The smallest absolute Gasteiger partial charge is 0.157 e. The number of hydrogen-bond acceptors (Lipinski definition) is 4. The molecule has 1 fully saturated rings. The van der Waals surface area contributed by atoms with E-state index in [-0.39, 0.29) is 24.8 Å². The third-order valence-corrected chi connectivity index (χ3v) is 1.95. The van der Waals surface area contributed by atoms with Crippen LogP contribution in [0.25, 0.3) is 0 Å². The molecule has 1 aliphatic heterocycles. The van der Waals surface area contributed by atoms with Gasteiger partial charge >= 0.3 is 0 Å². The van der Waals surface area contributed by atoms with Crippen LogP contribution >= 0.6 is 12.4 Å². The van der Waals surface area contributed by atoms with E-state index in [4.69, 9.17) is 15.2 Å². The Labute approximate surface area is 78.4 Å². The summed E-state index contributed by atoms with van der Waals surface area (Å²) in [4.78, 5) is 0. The van der Waals surface area contributed by atoms with E-state index in [1.807, 2.05) is 0 Å². The van der Waals surface area contributed by atoms with Gasteiger partial charge in [-0.3, -0.25) is 0 Å². The summed E-state index contributed by atoms with van der Waals surface area (Å²) in [5.41, 5.74) is 5.37. The molecular weight excluding hydrogens is 182 g/mol. The summed E-state index contributed by atoms with van der Waals surface area (Å²) in [6, 6.07) is 0. The summed E-state index contributed by atoms with van der Waals surface area (Å²) in [7, 11) is 1.59. The normalized spacial score (nSPS) is 35.8. The molecular formula is C7H16ClNO3. The third kappa shape index (κ3) is 2.88. The maximum atomic E-state index is 9.32. The van der Waals surface area contributed by atoms with Gasteiger partial charge in [-0.2, -0.15) is 0 Å². The molecule has 3 N–H and O–H groups in total. The topological polar surface area (TPSA) is 64.7 Å². The van der Waals surface area contributed by atoms with Gasteiger partial charge in [0.05, 0.1) is 12.2 Å². The van der Waals surface area contributed by atoms with Crippen LogP contribution in [0, 0.1) is 0 Å². The Morgan fingerprint density at radius 2 is 2.25 bits per heavy atom.